The van der Waals surface area contributed by atoms with Gasteiger partial charge in [0.1, 0.15) is 12.4 Å². The van der Waals surface area contributed by atoms with E-state index in [0.29, 0.717) is 22.9 Å². The summed E-state index contributed by atoms with van der Waals surface area (Å²) in [4.78, 5) is 29.1. The number of likely N-dealkylation sites (N-methyl/N-ethyl adjacent to an activating group) is 1. The van der Waals surface area contributed by atoms with Crippen LogP contribution in [0.3, 0.4) is 0 Å². The Bertz CT molecular complexity index is 770. The Morgan fingerprint density at radius 1 is 1.26 bits per heavy atom. The lowest BCUT2D eigenvalue weighted by Crippen LogP contribution is -2.39. The van der Waals surface area contributed by atoms with Gasteiger partial charge >= 0.3 is 12.1 Å². The number of amides is 3. The molecule has 2 rings (SSSR count). The van der Waals surface area contributed by atoms with E-state index >= 15 is 0 Å². The van der Waals surface area contributed by atoms with Gasteiger partial charge in [0, 0.05) is 24.8 Å². The van der Waals surface area contributed by atoms with Gasteiger partial charge in [-0.2, -0.15) is 0 Å². The van der Waals surface area contributed by atoms with Crippen LogP contribution in [-0.4, -0.2) is 47.3 Å². The molecular weight excluding hydrogens is 372 g/mol. The van der Waals surface area contributed by atoms with Gasteiger partial charge in [-0.3, -0.25) is 5.32 Å². The molecule has 0 fully saturated rings. The SMILES string of the molecule is CN(CCOC(=O)Nc1ccc(CO)cn1)C(=O)NCc1ccccc1Cl. The van der Waals surface area contributed by atoms with Crippen LogP contribution in [0, 0.1) is 0 Å². The molecule has 0 spiro atoms. The second-order valence-corrected chi connectivity index (χ2v) is 6.05. The second kappa shape index (κ2) is 10.3. The number of aliphatic hydroxyl groups excluding tert-OH is 1. The molecule has 0 radical (unpaired) electrons. The number of urea groups is 1. The standard InChI is InChI=1S/C18H21ClN4O4/c1-23(17(25)21-11-14-4-2-3-5-15(14)19)8-9-27-18(26)22-16-7-6-13(12-24)10-20-16/h2-7,10,24H,8-9,11-12H2,1H3,(H,21,25)(H,20,22,26). The van der Waals surface area contributed by atoms with Crippen LogP contribution in [0.5, 0.6) is 0 Å². The average molecular weight is 393 g/mol. The van der Waals surface area contributed by atoms with Gasteiger partial charge in [0.2, 0.25) is 0 Å². The van der Waals surface area contributed by atoms with Crippen LogP contribution < -0.4 is 10.6 Å². The van der Waals surface area contributed by atoms with Crippen molar-refractivity contribution in [2.24, 2.45) is 0 Å². The molecule has 1 aromatic carbocycles. The molecule has 1 aromatic heterocycles. The fourth-order valence-electron chi connectivity index (χ4n) is 2.06. The van der Waals surface area contributed by atoms with E-state index in [9.17, 15) is 9.59 Å². The molecule has 0 aliphatic heterocycles. The number of anilines is 1. The van der Waals surface area contributed by atoms with Gasteiger partial charge < -0.3 is 20.1 Å². The molecule has 0 unspecified atom stereocenters. The lowest BCUT2D eigenvalue weighted by atomic mass is 10.2. The Hall–Kier alpha value is -2.84. The maximum absolute atomic E-state index is 12.0. The number of hydrogen-bond donors (Lipinski definition) is 3. The van der Waals surface area contributed by atoms with Gasteiger partial charge in [-0.15, -0.1) is 0 Å². The topological polar surface area (TPSA) is 104 Å². The number of benzene rings is 1. The van der Waals surface area contributed by atoms with Crippen LogP contribution in [0.2, 0.25) is 5.02 Å². The number of halogens is 1. The first-order valence-corrected chi connectivity index (χ1v) is 8.59. The van der Waals surface area contributed by atoms with E-state index in [1.54, 1.807) is 25.2 Å². The minimum Gasteiger partial charge on any atom is -0.447 e. The zero-order valence-electron chi connectivity index (χ0n) is 14.8. The third kappa shape index (κ3) is 6.76. The predicted octanol–water partition coefficient (Wildman–Crippen LogP) is 2.62. The molecule has 0 aliphatic rings. The van der Waals surface area contributed by atoms with Crippen molar-refractivity contribution in [2.75, 3.05) is 25.5 Å². The number of rotatable bonds is 7. The van der Waals surface area contributed by atoms with Gasteiger partial charge in [-0.25, -0.2) is 14.6 Å². The first-order valence-electron chi connectivity index (χ1n) is 8.21. The number of ether oxygens (including phenoxy) is 1. The summed E-state index contributed by atoms with van der Waals surface area (Å²) in [6, 6.07) is 10.1. The molecule has 8 nitrogen and oxygen atoms in total. The summed E-state index contributed by atoms with van der Waals surface area (Å²) < 4.78 is 5.02. The van der Waals surface area contributed by atoms with E-state index in [4.69, 9.17) is 21.4 Å². The number of carbonyl (C=O) groups is 2. The number of hydrogen-bond acceptors (Lipinski definition) is 5. The van der Waals surface area contributed by atoms with E-state index < -0.39 is 6.09 Å². The van der Waals surface area contributed by atoms with Crippen molar-refractivity contribution in [1.29, 1.82) is 0 Å². The number of nitrogens with one attached hydrogen (secondary N) is 2. The third-order valence-corrected chi connectivity index (χ3v) is 4.00. The van der Waals surface area contributed by atoms with Crippen molar-refractivity contribution in [1.82, 2.24) is 15.2 Å². The Kier molecular flexibility index (Phi) is 7.84. The van der Waals surface area contributed by atoms with Crippen molar-refractivity contribution in [2.45, 2.75) is 13.2 Å². The zero-order valence-corrected chi connectivity index (χ0v) is 15.6. The Labute approximate surface area is 162 Å². The van der Waals surface area contributed by atoms with Crippen molar-refractivity contribution >= 4 is 29.5 Å². The average Bonchev–Trinajstić information content (AvgIpc) is 2.67. The number of pyridine rings is 1. The van der Waals surface area contributed by atoms with E-state index in [0.717, 1.165) is 5.56 Å². The first kappa shape index (κ1) is 20.5. The largest absolute Gasteiger partial charge is 0.447 e. The highest BCUT2D eigenvalue weighted by atomic mass is 35.5. The van der Waals surface area contributed by atoms with E-state index in [1.165, 1.54) is 11.1 Å². The molecule has 9 heteroatoms. The first-order chi connectivity index (χ1) is 13.0. The lowest BCUT2D eigenvalue weighted by molar-refractivity contribution is 0.146. The molecule has 27 heavy (non-hydrogen) atoms. The van der Waals surface area contributed by atoms with E-state index in [-0.39, 0.29) is 25.8 Å². The van der Waals surface area contributed by atoms with Crippen molar-refractivity contribution in [3.63, 3.8) is 0 Å². The maximum Gasteiger partial charge on any atom is 0.412 e. The van der Waals surface area contributed by atoms with Gasteiger partial charge in [0.25, 0.3) is 0 Å². The number of aliphatic hydroxyl groups is 1. The molecule has 0 aliphatic carbocycles. The van der Waals surface area contributed by atoms with Crippen molar-refractivity contribution in [3.8, 4) is 0 Å². The minimum absolute atomic E-state index is 0.0244. The summed E-state index contributed by atoms with van der Waals surface area (Å²) in [5.74, 6) is 0.308. The fraction of sp³-hybridized carbons (Fsp3) is 0.278. The number of carbonyl (C=O) groups excluding carboxylic acids is 2. The third-order valence-electron chi connectivity index (χ3n) is 3.63. The van der Waals surface area contributed by atoms with Crippen molar-refractivity contribution in [3.05, 3.63) is 58.7 Å². The summed E-state index contributed by atoms with van der Waals surface area (Å²) in [7, 11) is 1.60. The van der Waals surface area contributed by atoms with Crippen LogP contribution in [0.1, 0.15) is 11.1 Å². The summed E-state index contributed by atoms with van der Waals surface area (Å²) in [6.07, 6.45) is 0.774. The highest BCUT2D eigenvalue weighted by molar-refractivity contribution is 6.31. The summed E-state index contributed by atoms with van der Waals surface area (Å²) >= 11 is 6.04. The highest BCUT2D eigenvalue weighted by Gasteiger charge is 2.10. The fourth-order valence-corrected chi connectivity index (χ4v) is 2.26. The number of aromatic nitrogens is 1. The van der Waals surface area contributed by atoms with Crippen LogP contribution in [-0.2, 0) is 17.9 Å². The minimum atomic E-state index is -0.677. The van der Waals surface area contributed by atoms with Gasteiger partial charge in [0.15, 0.2) is 0 Å². The Morgan fingerprint density at radius 3 is 2.70 bits per heavy atom. The molecule has 0 saturated carbocycles. The van der Waals surface area contributed by atoms with Gasteiger partial charge in [-0.05, 0) is 23.3 Å². The Morgan fingerprint density at radius 2 is 2.04 bits per heavy atom. The molecule has 2 aromatic rings. The molecular formula is C18H21ClN4O4. The lowest BCUT2D eigenvalue weighted by Gasteiger charge is -2.18. The monoisotopic (exact) mass is 392 g/mol. The van der Waals surface area contributed by atoms with Gasteiger partial charge in [-0.1, -0.05) is 35.9 Å². The summed E-state index contributed by atoms with van der Waals surface area (Å²) in [5.41, 5.74) is 1.45. The predicted molar refractivity (Wildman–Crippen MR) is 101 cm³/mol. The van der Waals surface area contributed by atoms with E-state index in [2.05, 4.69) is 15.6 Å². The molecule has 0 saturated heterocycles. The smallest absolute Gasteiger partial charge is 0.412 e. The number of nitrogens with zero attached hydrogens (tertiary/aromatic N) is 2. The summed E-state index contributed by atoms with van der Waals surface area (Å²) in [5, 5.41) is 14.7. The zero-order chi connectivity index (χ0) is 19.6. The van der Waals surface area contributed by atoms with Crippen molar-refractivity contribution < 1.29 is 19.4 Å². The Balaban J connectivity index is 1.68. The van der Waals surface area contributed by atoms with Crippen LogP contribution in [0.15, 0.2) is 42.6 Å². The molecule has 3 N–H and O–H groups in total. The molecule has 0 bridgehead atoms. The second-order valence-electron chi connectivity index (χ2n) is 5.64. The molecule has 1 heterocycles. The normalized spacial score (nSPS) is 10.2. The van der Waals surface area contributed by atoms with Gasteiger partial charge in [0.05, 0.1) is 13.2 Å². The molecule has 144 valence electrons. The molecule has 0 atom stereocenters. The summed E-state index contributed by atoms with van der Waals surface area (Å²) in [6.45, 7) is 0.428. The quantitative estimate of drug-likeness (QED) is 0.672. The maximum atomic E-state index is 12.0. The molecule has 3 amide bonds. The van der Waals surface area contributed by atoms with Crippen LogP contribution in [0.25, 0.3) is 0 Å². The van der Waals surface area contributed by atoms with E-state index in [1.807, 2.05) is 18.2 Å². The highest BCUT2D eigenvalue weighted by Crippen LogP contribution is 2.14. The van der Waals surface area contributed by atoms with Crippen LogP contribution in [0.4, 0.5) is 15.4 Å². The van der Waals surface area contributed by atoms with Crippen LogP contribution >= 0.6 is 11.6 Å².